The van der Waals surface area contributed by atoms with Gasteiger partial charge >= 0.3 is 11.7 Å². The molecule has 3 rings (SSSR count). The van der Waals surface area contributed by atoms with Gasteiger partial charge in [-0.3, -0.25) is 14.9 Å². The second-order valence-electron chi connectivity index (χ2n) is 5.87. The Kier molecular flexibility index (Phi) is 5.35. The van der Waals surface area contributed by atoms with E-state index in [-0.39, 0.29) is 29.5 Å². The largest absolute Gasteiger partial charge is 0.487 e. The molecular formula is C19H18N2O6. The Labute approximate surface area is 155 Å². The van der Waals surface area contributed by atoms with Crippen molar-refractivity contribution in [3.05, 3.63) is 63.7 Å². The van der Waals surface area contributed by atoms with Crippen molar-refractivity contribution in [3.63, 3.8) is 0 Å². The van der Waals surface area contributed by atoms with Gasteiger partial charge in [-0.05, 0) is 37.1 Å². The molecule has 0 aromatic heterocycles. The van der Waals surface area contributed by atoms with Gasteiger partial charge in [0, 0.05) is 18.3 Å². The number of para-hydroxylation sites is 1. The molecule has 140 valence electrons. The Morgan fingerprint density at radius 3 is 2.74 bits per heavy atom. The summed E-state index contributed by atoms with van der Waals surface area (Å²) in [5, 5.41) is 11.1. The highest BCUT2D eigenvalue weighted by molar-refractivity contribution is 5.98. The molecule has 0 aliphatic carbocycles. The smallest absolute Gasteiger partial charge is 0.338 e. The number of hydrogen-bond donors (Lipinski definition) is 0. The monoisotopic (exact) mass is 370 g/mol. The zero-order chi connectivity index (χ0) is 19.4. The summed E-state index contributed by atoms with van der Waals surface area (Å²) in [6, 6.07) is 11.3. The number of fused-ring (bicyclic) bond motifs is 1. The van der Waals surface area contributed by atoms with E-state index >= 15 is 0 Å². The summed E-state index contributed by atoms with van der Waals surface area (Å²) in [6.07, 6.45) is 0.751. The Morgan fingerprint density at radius 1 is 1.22 bits per heavy atom. The van der Waals surface area contributed by atoms with Gasteiger partial charge in [0.05, 0.1) is 17.1 Å². The molecule has 1 aliphatic heterocycles. The van der Waals surface area contributed by atoms with Crippen molar-refractivity contribution in [3.8, 4) is 5.75 Å². The van der Waals surface area contributed by atoms with Crippen LogP contribution in [0.2, 0.25) is 0 Å². The van der Waals surface area contributed by atoms with Crippen molar-refractivity contribution >= 4 is 23.3 Å². The van der Waals surface area contributed by atoms with Crippen molar-refractivity contribution in [2.75, 3.05) is 24.7 Å². The first-order chi connectivity index (χ1) is 13.0. The number of rotatable bonds is 6. The van der Waals surface area contributed by atoms with Gasteiger partial charge in [-0.25, -0.2) is 4.79 Å². The molecule has 0 fully saturated rings. The molecule has 2 aromatic rings. The molecule has 2 aromatic carbocycles. The number of carbonyl (C=O) groups is 2. The normalized spacial score (nSPS) is 12.4. The zero-order valence-corrected chi connectivity index (χ0v) is 14.7. The molecule has 1 aliphatic rings. The lowest BCUT2D eigenvalue weighted by molar-refractivity contribution is -0.385. The fourth-order valence-electron chi connectivity index (χ4n) is 2.95. The van der Waals surface area contributed by atoms with E-state index < -0.39 is 17.5 Å². The first kappa shape index (κ1) is 18.4. The number of benzene rings is 2. The van der Waals surface area contributed by atoms with Crippen LogP contribution in [0.5, 0.6) is 5.75 Å². The van der Waals surface area contributed by atoms with E-state index in [1.54, 1.807) is 11.8 Å². The first-order valence-electron chi connectivity index (χ1n) is 8.48. The average molecular weight is 370 g/mol. The molecule has 8 heteroatoms. The Hall–Kier alpha value is -3.42. The quantitative estimate of drug-likeness (QED) is 0.440. The average Bonchev–Trinajstić information content (AvgIpc) is 3.10. The number of nitro groups is 1. The third kappa shape index (κ3) is 3.89. The third-order valence-electron chi connectivity index (χ3n) is 4.21. The van der Waals surface area contributed by atoms with Gasteiger partial charge < -0.3 is 14.4 Å². The molecule has 0 unspecified atom stereocenters. The number of hydrogen-bond acceptors (Lipinski definition) is 6. The minimum atomic E-state index is -0.804. The van der Waals surface area contributed by atoms with Crippen molar-refractivity contribution in [2.45, 2.75) is 13.3 Å². The first-order valence-corrected chi connectivity index (χ1v) is 8.48. The Balaban J connectivity index is 1.67. The SMILES string of the molecule is CCOc1ccc(C(=O)OCC(=O)N2CCc3ccccc32)cc1[N+](=O)[O-]. The second kappa shape index (κ2) is 7.86. The van der Waals surface area contributed by atoms with E-state index in [4.69, 9.17) is 9.47 Å². The highest BCUT2D eigenvalue weighted by Crippen LogP contribution is 2.29. The maximum Gasteiger partial charge on any atom is 0.338 e. The van der Waals surface area contributed by atoms with Crippen LogP contribution in [0.15, 0.2) is 42.5 Å². The van der Waals surface area contributed by atoms with E-state index in [0.29, 0.717) is 6.54 Å². The highest BCUT2D eigenvalue weighted by atomic mass is 16.6. The summed E-state index contributed by atoms with van der Waals surface area (Å²) >= 11 is 0. The van der Waals surface area contributed by atoms with E-state index in [9.17, 15) is 19.7 Å². The highest BCUT2D eigenvalue weighted by Gasteiger charge is 2.25. The molecular weight excluding hydrogens is 352 g/mol. The minimum absolute atomic E-state index is 0.0141. The topological polar surface area (TPSA) is 99.0 Å². The predicted molar refractivity (Wildman–Crippen MR) is 97.0 cm³/mol. The summed E-state index contributed by atoms with van der Waals surface area (Å²) in [5.74, 6) is -1.07. The summed E-state index contributed by atoms with van der Waals surface area (Å²) in [4.78, 5) is 36.7. The van der Waals surface area contributed by atoms with Crippen LogP contribution in [0.1, 0.15) is 22.8 Å². The fourth-order valence-corrected chi connectivity index (χ4v) is 2.95. The lowest BCUT2D eigenvalue weighted by atomic mass is 10.2. The van der Waals surface area contributed by atoms with Crippen molar-refractivity contribution < 1.29 is 24.0 Å². The van der Waals surface area contributed by atoms with E-state index in [1.165, 1.54) is 12.1 Å². The van der Waals surface area contributed by atoms with E-state index in [0.717, 1.165) is 23.7 Å². The molecule has 0 radical (unpaired) electrons. The predicted octanol–water partition coefficient (Wildman–Crippen LogP) is 2.74. The number of nitrogens with zero attached hydrogens (tertiary/aromatic N) is 2. The van der Waals surface area contributed by atoms with Gasteiger partial charge in [-0.1, -0.05) is 18.2 Å². The Bertz CT molecular complexity index is 896. The van der Waals surface area contributed by atoms with Crippen LogP contribution < -0.4 is 9.64 Å². The maximum atomic E-state index is 12.4. The van der Waals surface area contributed by atoms with Crippen LogP contribution >= 0.6 is 0 Å². The lowest BCUT2D eigenvalue weighted by Crippen LogP contribution is -2.33. The van der Waals surface area contributed by atoms with Crippen LogP contribution in [0, 0.1) is 10.1 Å². The molecule has 0 N–H and O–H groups in total. The van der Waals surface area contributed by atoms with Gasteiger partial charge in [-0.2, -0.15) is 0 Å². The number of esters is 1. The van der Waals surface area contributed by atoms with Crippen molar-refractivity contribution in [1.82, 2.24) is 0 Å². The number of anilines is 1. The number of nitro benzene ring substituents is 1. The van der Waals surface area contributed by atoms with Crippen LogP contribution in [0.25, 0.3) is 0 Å². The van der Waals surface area contributed by atoms with Crippen LogP contribution in [0.4, 0.5) is 11.4 Å². The van der Waals surface area contributed by atoms with Gasteiger partial charge in [0.2, 0.25) is 0 Å². The summed E-state index contributed by atoms with van der Waals surface area (Å²) < 4.78 is 10.2. The molecule has 0 spiro atoms. The molecule has 27 heavy (non-hydrogen) atoms. The van der Waals surface area contributed by atoms with Gasteiger partial charge in [0.15, 0.2) is 12.4 Å². The van der Waals surface area contributed by atoms with E-state index in [1.807, 2.05) is 24.3 Å². The van der Waals surface area contributed by atoms with Crippen molar-refractivity contribution in [2.24, 2.45) is 0 Å². The molecule has 0 saturated carbocycles. The molecule has 8 nitrogen and oxygen atoms in total. The Morgan fingerprint density at radius 2 is 2.00 bits per heavy atom. The number of amides is 1. The molecule has 1 amide bonds. The summed E-state index contributed by atoms with van der Waals surface area (Å²) in [5.41, 5.74) is 1.54. The number of carbonyl (C=O) groups excluding carboxylic acids is 2. The van der Waals surface area contributed by atoms with Gasteiger partial charge in [-0.15, -0.1) is 0 Å². The van der Waals surface area contributed by atoms with Gasteiger partial charge in [0.1, 0.15) is 0 Å². The van der Waals surface area contributed by atoms with Crippen LogP contribution in [-0.4, -0.2) is 36.6 Å². The number of ether oxygens (including phenoxy) is 2. The summed E-state index contributed by atoms with van der Waals surface area (Å²) in [7, 11) is 0. The molecule has 0 bridgehead atoms. The van der Waals surface area contributed by atoms with E-state index in [2.05, 4.69) is 0 Å². The fraction of sp³-hybridized carbons (Fsp3) is 0.263. The summed E-state index contributed by atoms with van der Waals surface area (Å²) in [6.45, 7) is 2.06. The van der Waals surface area contributed by atoms with Crippen molar-refractivity contribution in [1.29, 1.82) is 0 Å². The van der Waals surface area contributed by atoms with Crippen LogP contribution in [0.3, 0.4) is 0 Å². The minimum Gasteiger partial charge on any atom is -0.487 e. The third-order valence-corrected chi connectivity index (χ3v) is 4.21. The molecule has 0 atom stereocenters. The molecule has 0 saturated heterocycles. The lowest BCUT2D eigenvalue weighted by Gasteiger charge is -2.17. The maximum absolute atomic E-state index is 12.4. The van der Waals surface area contributed by atoms with Crippen LogP contribution in [-0.2, 0) is 16.0 Å². The van der Waals surface area contributed by atoms with Gasteiger partial charge in [0.25, 0.3) is 5.91 Å². The second-order valence-corrected chi connectivity index (χ2v) is 5.87. The standard InChI is InChI=1S/C19H18N2O6/c1-2-26-17-8-7-14(11-16(17)21(24)25)19(23)27-12-18(22)20-10-9-13-5-3-4-6-15(13)20/h3-8,11H,2,9-10,12H2,1H3. The molecule has 1 heterocycles. The zero-order valence-electron chi connectivity index (χ0n) is 14.7.